The number of anilines is 1. The molecule has 2 N–H and O–H groups in total. The molecule has 21 heavy (non-hydrogen) atoms. The molecule has 2 unspecified atom stereocenters. The van der Waals surface area contributed by atoms with Crippen molar-refractivity contribution in [2.45, 2.75) is 44.4 Å². The van der Waals surface area contributed by atoms with Crippen molar-refractivity contribution in [2.75, 3.05) is 18.4 Å². The van der Waals surface area contributed by atoms with Crippen LogP contribution in [0.1, 0.15) is 39.5 Å². The van der Waals surface area contributed by atoms with Crippen molar-refractivity contribution >= 4 is 15.7 Å². The highest BCUT2D eigenvalue weighted by Gasteiger charge is 2.21. The first-order valence-corrected chi connectivity index (χ1v) is 9.33. The lowest BCUT2D eigenvalue weighted by Gasteiger charge is -2.26. The average Bonchev–Trinajstić information content (AvgIpc) is 2.46. The quantitative estimate of drug-likeness (QED) is 0.848. The molecular weight excluding hydrogens is 284 g/mol. The molecule has 0 aliphatic heterocycles. The van der Waals surface area contributed by atoms with Crippen molar-refractivity contribution in [2.24, 2.45) is 11.8 Å². The molecule has 4 nitrogen and oxygen atoms in total. The normalized spacial score (nSPS) is 23.0. The van der Waals surface area contributed by atoms with Crippen LogP contribution >= 0.6 is 0 Å². The van der Waals surface area contributed by atoms with Crippen molar-refractivity contribution < 1.29 is 8.42 Å². The van der Waals surface area contributed by atoms with Crippen molar-refractivity contribution in [3.63, 3.8) is 0 Å². The number of nitrogens with one attached hydrogen (secondary N) is 2. The lowest BCUT2D eigenvalue weighted by atomic mass is 9.83. The minimum Gasteiger partial charge on any atom is -0.385 e. The summed E-state index contributed by atoms with van der Waals surface area (Å²) in [6.45, 7) is 5.64. The Hall–Kier alpha value is -1.07. The van der Waals surface area contributed by atoms with Gasteiger partial charge in [-0.1, -0.05) is 19.8 Å². The van der Waals surface area contributed by atoms with Gasteiger partial charge in [0.15, 0.2) is 0 Å². The molecule has 1 aromatic rings. The van der Waals surface area contributed by atoms with Crippen LogP contribution in [0.25, 0.3) is 0 Å². The van der Waals surface area contributed by atoms with E-state index >= 15 is 0 Å². The Labute approximate surface area is 128 Å². The molecule has 118 valence electrons. The van der Waals surface area contributed by atoms with Gasteiger partial charge in [-0.2, -0.15) is 0 Å². The van der Waals surface area contributed by atoms with Gasteiger partial charge in [0.2, 0.25) is 10.0 Å². The molecule has 0 bridgehead atoms. The molecule has 1 fully saturated rings. The summed E-state index contributed by atoms with van der Waals surface area (Å²) in [4.78, 5) is 0.341. The third-order valence-corrected chi connectivity index (χ3v) is 5.59. The fraction of sp³-hybridized carbons (Fsp3) is 0.625. The zero-order valence-corrected chi connectivity index (χ0v) is 13.7. The van der Waals surface area contributed by atoms with Crippen LogP contribution < -0.4 is 10.0 Å². The maximum absolute atomic E-state index is 12.3. The van der Waals surface area contributed by atoms with Crippen LogP contribution in [-0.2, 0) is 10.0 Å². The largest absolute Gasteiger partial charge is 0.385 e. The summed E-state index contributed by atoms with van der Waals surface area (Å²) >= 11 is 0. The Morgan fingerprint density at radius 2 is 1.90 bits per heavy atom. The first kappa shape index (κ1) is 16.3. The smallest absolute Gasteiger partial charge is 0.240 e. The molecule has 1 aliphatic carbocycles. The van der Waals surface area contributed by atoms with Crippen molar-refractivity contribution in [3.8, 4) is 0 Å². The molecule has 0 heterocycles. The van der Waals surface area contributed by atoms with Gasteiger partial charge in [-0.3, -0.25) is 0 Å². The number of rotatable bonds is 6. The molecule has 0 radical (unpaired) electrons. The van der Waals surface area contributed by atoms with Crippen LogP contribution in [0.15, 0.2) is 29.2 Å². The van der Waals surface area contributed by atoms with Crippen LogP contribution in [0.3, 0.4) is 0 Å². The predicted molar refractivity (Wildman–Crippen MR) is 86.9 cm³/mol. The topological polar surface area (TPSA) is 58.2 Å². The summed E-state index contributed by atoms with van der Waals surface area (Å²) < 4.78 is 27.4. The molecular formula is C16H26N2O2S. The van der Waals surface area contributed by atoms with E-state index < -0.39 is 10.0 Å². The van der Waals surface area contributed by atoms with Gasteiger partial charge < -0.3 is 5.32 Å². The zero-order valence-electron chi connectivity index (χ0n) is 12.9. The fourth-order valence-electron chi connectivity index (χ4n) is 3.01. The average molecular weight is 310 g/mol. The van der Waals surface area contributed by atoms with Gasteiger partial charge in [0.1, 0.15) is 0 Å². The van der Waals surface area contributed by atoms with E-state index in [-0.39, 0.29) is 0 Å². The second-order valence-electron chi connectivity index (χ2n) is 6.04. The standard InChI is InChI=1S/C16H26N2O2S/c1-3-17-15-7-9-16(10-8-15)21(19,20)18-12-14-6-4-5-13(2)11-14/h7-10,13-14,17-18H,3-6,11-12H2,1-2H3. The highest BCUT2D eigenvalue weighted by atomic mass is 32.2. The Morgan fingerprint density at radius 1 is 1.19 bits per heavy atom. The van der Waals surface area contributed by atoms with Crippen LogP contribution in [0.4, 0.5) is 5.69 Å². The molecule has 2 rings (SSSR count). The predicted octanol–water partition coefficient (Wildman–Crippen LogP) is 3.22. The Bertz CT molecular complexity index is 540. The fourth-order valence-corrected chi connectivity index (χ4v) is 4.13. The first-order chi connectivity index (χ1) is 10.0. The van der Waals surface area contributed by atoms with E-state index in [1.807, 2.05) is 6.92 Å². The Morgan fingerprint density at radius 3 is 2.52 bits per heavy atom. The Kier molecular flexibility index (Phi) is 5.65. The van der Waals surface area contributed by atoms with Gasteiger partial charge in [0, 0.05) is 18.8 Å². The second-order valence-corrected chi connectivity index (χ2v) is 7.81. The summed E-state index contributed by atoms with van der Waals surface area (Å²) in [6.07, 6.45) is 4.74. The monoisotopic (exact) mass is 310 g/mol. The molecule has 0 amide bonds. The van der Waals surface area contributed by atoms with Crippen molar-refractivity contribution in [1.82, 2.24) is 4.72 Å². The van der Waals surface area contributed by atoms with Crippen molar-refractivity contribution in [1.29, 1.82) is 0 Å². The lowest BCUT2D eigenvalue weighted by molar-refractivity contribution is 0.283. The molecule has 1 aromatic carbocycles. The van der Waals surface area contributed by atoms with Gasteiger partial charge >= 0.3 is 0 Å². The van der Waals surface area contributed by atoms with E-state index in [0.717, 1.165) is 25.1 Å². The maximum Gasteiger partial charge on any atom is 0.240 e. The van der Waals surface area contributed by atoms with Gasteiger partial charge in [-0.25, -0.2) is 13.1 Å². The van der Waals surface area contributed by atoms with E-state index in [2.05, 4.69) is 17.0 Å². The van der Waals surface area contributed by atoms with Crippen molar-refractivity contribution in [3.05, 3.63) is 24.3 Å². The summed E-state index contributed by atoms with van der Waals surface area (Å²) in [6, 6.07) is 6.93. The van der Waals surface area contributed by atoms with Crippen LogP contribution in [0.5, 0.6) is 0 Å². The minimum atomic E-state index is -3.39. The molecule has 1 saturated carbocycles. The number of benzene rings is 1. The highest BCUT2D eigenvalue weighted by Crippen LogP contribution is 2.28. The van der Waals surface area contributed by atoms with E-state index in [9.17, 15) is 8.42 Å². The number of hydrogen-bond acceptors (Lipinski definition) is 3. The van der Waals surface area contributed by atoms with Crippen LogP contribution in [0.2, 0.25) is 0 Å². The summed E-state index contributed by atoms with van der Waals surface area (Å²) in [5, 5.41) is 3.16. The minimum absolute atomic E-state index is 0.341. The third kappa shape index (κ3) is 4.71. The third-order valence-electron chi connectivity index (χ3n) is 4.15. The van der Waals surface area contributed by atoms with Gasteiger partial charge in [-0.15, -0.1) is 0 Å². The maximum atomic E-state index is 12.3. The summed E-state index contributed by atoms with van der Waals surface area (Å²) in [7, 11) is -3.39. The van der Waals surface area contributed by atoms with Crippen LogP contribution in [0, 0.1) is 11.8 Å². The van der Waals surface area contributed by atoms with Crippen LogP contribution in [-0.4, -0.2) is 21.5 Å². The lowest BCUT2D eigenvalue weighted by Crippen LogP contribution is -2.31. The Balaban J connectivity index is 1.94. The second kappa shape index (κ2) is 7.27. The SMILES string of the molecule is CCNc1ccc(S(=O)(=O)NCC2CCCC(C)C2)cc1. The van der Waals surface area contributed by atoms with Gasteiger partial charge in [-0.05, 0) is 55.9 Å². The zero-order chi connectivity index (χ0) is 15.3. The summed E-state index contributed by atoms with van der Waals surface area (Å²) in [5.41, 5.74) is 0.942. The molecule has 2 atom stereocenters. The number of hydrogen-bond donors (Lipinski definition) is 2. The molecule has 0 spiro atoms. The van der Waals surface area contributed by atoms with Gasteiger partial charge in [0.05, 0.1) is 4.90 Å². The number of sulfonamides is 1. The van der Waals surface area contributed by atoms with Gasteiger partial charge in [0.25, 0.3) is 0 Å². The van der Waals surface area contributed by atoms with E-state index in [1.54, 1.807) is 24.3 Å². The first-order valence-electron chi connectivity index (χ1n) is 7.85. The molecule has 0 aromatic heterocycles. The van der Waals surface area contributed by atoms with E-state index in [0.29, 0.717) is 23.3 Å². The highest BCUT2D eigenvalue weighted by molar-refractivity contribution is 7.89. The molecule has 5 heteroatoms. The molecule has 1 aliphatic rings. The summed E-state index contributed by atoms with van der Waals surface area (Å²) in [5.74, 6) is 1.19. The molecule has 0 saturated heterocycles. The van der Waals surface area contributed by atoms with E-state index in [4.69, 9.17) is 0 Å². The van der Waals surface area contributed by atoms with E-state index in [1.165, 1.54) is 12.8 Å².